The van der Waals surface area contributed by atoms with Crippen molar-refractivity contribution in [1.29, 1.82) is 5.26 Å². The van der Waals surface area contributed by atoms with Crippen LogP contribution in [0, 0.1) is 11.3 Å². The van der Waals surface area contributed by atoms with E-state index in [4.69, 9.17) is 10.00 Å². The maximum absolute atomic E-state index is 11.8. The number of carbonyl (C=O) groups is 1. The summed E-state index contributed by atoms with van der Waals surface area (Å²) in [6, 6.07) is 8.96. The molecule has 0 saturated carbocycles. The van der Waals surface area contributed by atoms with Gasteiger partial charge in [-0.25, -0.2) is 0 Å². The second-order valence-corrected chi connectivity index (χ2v) is 4.64. The van der Waals surface area contributed by atoms with Crippen molar-refractivity contribution in [3.63, 3.8) is 0 Å². The van der Waals surface area contributed by atoms with Gasteiger partial charge in [-0.1, -0.05) is 6.07 Å². The van der Waals surface area contributed by atoms with E-state index >= 15 is 0 Å². The number of hydrogen-bond donors (Lipinski definition) is 1. The molecule has 0 radical (unpaired) electrons. The van der Waals surface area contributed by atoms with Gasteiger partial charge in [-0.15, -0.1) is 0 Å². The summed E-state index contributed by atoms with van der Waals surface area (Å²) >= 11 is 0. The number of rotatable bonds is 8. The summed E-state index contributed by atoms with van der Waals surface area (Å²) in [5, 5.41) is 11.6. The fourth-order valence-corrected chi connectivity index (χ4v) is 1.76. The Kier molecular flexibility index (Phi) is 7.33. The van der Waals surface area contributed by atoms with Crippen molar-refractivity contribution in [2.45, 2.75) is 12.8 Å². The molecule has 20 heavy (non-hydrogen) atoms. The third-order valence-electron chi connectivity index (χ3n) is 2.90. The number of hydrogen-bond acceptors (Lipinski definition) is 4. The number of nitrogens with one attached hydrogen (secondary N) is 1. The van der Waals surface area contributed by atoms with Crippen LogP contribution in [0.15, 0.2) is 24.3 Å². The third-order valence-corrected chi connectivity index (χ3v) is 2.90. The summed E-state index contributed by atoms with van der Waals surface area (Å²) < 4.78 is 4.99. The van der Waals surface area contributed by atoms with Gasteiger partial charge >= 0.3 is 0 Å². The summed E-state index contributed by atoms with van der Waals surface area (Å²) in [5.74, 6) is -0.0276. The number of ether oxygens (including phenoxy) is 1. The van der Waals surface area contributed by atoms with E-state index in [1.165, 1.54) is 0 Å². The highest BCUT2D eigenvalue weighted by Crippen LogP contribution is 2.10. The van der Waals surface area contributed by atoms with Crippen molar-refractivity contribution in [3.8, 4) is 6.07 Å². The lowest BCUT2D eigenvalue weighted by atomic mass is 10.2. The van der Waals surface area contributed by atoms with Crippen LogP contribution in [0.25, 0.3) is 0 Å². The van der Waals surface area contributed by atoms with Crippen molar-refractivity contribution in [2.75, 3.05) is 39.2 Å². The molecule has 0 fully saturated rings. The SMILES string of the molecule is COCCN(C)CCCC(=O)Nc1cccc(C#N)c1. The molecule has 108 valence electrons. The summed E-state index contributed by atoms with van der Waals surface area (Å²) in [4.78, 5) is 13.9. The average molecular weight is 275 g/mol. The molecule has 1 aromatic carbocycles. The molecule has 0 aliphatic heterocycles. The quantitative estimate of drug-likeness (QED) is 0.786. The Morgan fingerprint density at radius 2 is 2.25 bits per heavy atom. The van der Waals surface area contributed by atoms with Gasteiger partial charge in [-0.3, -0.25) is 4.79 Å². The predicted molar refractivity (Wildman–Crippen MR) is 78.4 cm³/mol. The van der Waals surface area contributed by atoms with Crippen LogP contribution < -0.4 is 5.32 Å². The fourth-order valence-electron chi connectivity index (χ4n) is 1.76. The van der Waals surface area contributed by atoms with Crippen LogP contribution in [0.3, 0.4) is 0 Å². The second-order valence-electron chi connectivity index (χ2n) is 4.64. The molecule has 0 saturated heterocycles. The van der Waals surface area contributed by atoms with Gasteiger partial charge in [-0.2, -0.15) is 5.26 Å². The molecule has 0 spiro atoms. The monoisotopic (exact) mass is 275 g/mol. The smallest absolute Gasteiger partial charge is 0.224 e. The fraction of sp³-hybridized carbons (Fsp3) is 0.467. The molecular weight excluding hydrogens is 254 g/mol. The Hall–Kier alpha value is -1.90. The number of carbonyl (C=O) groups excluding carboxylic acids is 1. The van der Waals surface area contributed by atoms with Crippen LogP contribution in [0.5, 0.6) is 0 Å². The van der Waals surface area contributed by atoms with E-state index in [1.807, 2.05) is 13.1 Å². The van der Waals surface area contributed by atoms with Gasteiger partial charge in [0, 0.05) is 25.8 Å². The zero-order chi connectivity index (χ0) is 14.8. The van der Waals surface area contributed by atoms with Crippen LogP contribution in [0.4, 0.5) is 5.69 Å². The number of benzene rings is 1. The van der Waals surface area contributed by atoms with Crippen molar-refractivity contribution in [2.24, 2.45) is 0 Å². The van der Waals surface area contributed by atoms with Crippen LogP contribution in [-0.4, -0.2) is 44.7 Å². The molecule has 5 heteroatoms. The van der Waals surface area contributed by atoms with E-state index < -0.39 is 0 Å². The molecule has 1 N–H and O–H groups in total. The first-order valence-corrected chi connectivity index (χ1v) is 6.63. The Morgan fingerprint density at radius 1 is 1.45 bits per heavy atom. The minimum absolute atomic E-state index is 0.0276. The Balaban J connectivity index is 2.28. The number of nitriles is 1. The predicted octanol–water partition coefficient (Wildman–Crippen LogP) is 1.86. The zero-order valence-corrected chi connectivity index (χ0v) is 12.1. The Labute approximate surface area is 120 Å². The van der Waals surface area contributed by atoms with Crippen molar-refractivity contribution < 1.29 is 9.53 Å². The van der Waals surface area contributed by atoms with E-state index in [-0.39, 0.29) is 5.91 Å². The van der Waals surface area contributed by atoms with Crippen LogP contribution in [0.1, 0.15) is 18.4 Å². The normalized spacial score (nSPS) is 10.3. The van der Waals surface area contributed by atoms with Gasteiger partial charge < -0.3 is 15.0 Å². The molecule has 0 bridgehead atoms. The maximum atomic E-state index is 11.8. The molecule has 0 unspecified atom stereocenters. The number of likely N-dealkylation sites (N-methyl/N-ethyl adjacent to an activating group) is 1. The minimum Gasteiger partial charge on any atom is -0.383 e. The van der Waals surface area contributed by atoms with Gasteiger partial charge in [0.15, 0.2) is 0 Å². The molecule has 0 aromatic heterocycles. The molecule has 1 rings (SSSR count). The highest BCUT2D eigenvalue weighted by molar-refractivity contribution is 5.90. The first kappa shape index (κ1) is 16.2. The lowest BCUT2D eigenvalue weighted by Crippen LogP contribution is -2.25. The highest BCUT2D eigenvalue weighted by atomic mass is 16.5. The van der Waals surface area contributed by atoms with Gasteiger partial charge in [0.1, 0.15) is 0 Å². The lowest BCUT2D eigenvalue weighted by Gasteiger charge is -2.15. The second kappa shape index (κ2) is 9.08. The minimum atomic E-state index is -0.0276. The first-order chi connectivity index (χ1) is 9.65. The number of methoxy groups -OCH3 is 1. The van der Waals surface area contributed by atoms with E-state index in [0.29, 0.717) is 24.3 Å². The molecule has 1 aromatic rings. The van der Waals surface area contributed by atoms with Gasteiger partial charge in [0.25, 0.3) is 0 Å². The Morgan fingerprint density at radius 3 is 2.95 bits per heavy atom. The van der Waals surface area contributed by atoms with E-state index in [0.717, 1.165) is 19.5 Å². The summed E-state index contributed by atoms with van der Waals surface area (Å²) in [6.07, 6.45) is 1.26. The molecule has 1 amide bonds. The summed E-state index contributed by atoms with van der Waals surface area (Å²) in [5.41, 5.74) is 1.21. The highest BCUT2D eigenvalue weighted by Gasteiger charge is 2.04. The number of amides is 1. The van der Waals surface area contributed by atoms with Crippen molar-refractivity contribution >= 4 is 11.6 Å². The summed E-state index contributed by atoms with van der Waals surface area (Å²) in [6.45, 7) is 2.42. The summed E-state index contributed by atoms with van der Waals surface area (Å²) in [7, 11) is 3.68. The average Bonchev–Trinajstić information content (AvgIpc) is 2.45. The van der Waals surface area contributed by atoms with Gasteiger partial charge in [-0.05, 0) is 38.2 Å². The molecule has 0 aliphatic carbocycles. The van der Waals surface area contributed by atoms with E-state index in [9.17, 15) is 4.79 Å². The standard InChI is InChI=1S/C15H21N3O2/c1-18(9-10-20-2)8-4-7-15(19)17-14-6-3-5-13(11-14)12-16/h3,5-6,11H,4,7-10H2,1-2H3,(H,17,19). The molecular formula is C15H21N3O2. The molecule has 5 nitrogen and oxygen atoms in total. The van der Waals surface area contributed by atoms with Crippen molar-refractivity contribution in [3.05, 3.63) is 29.8 Å². The Bertz CT molecular complexity index is 468. The number of nitrogens with zero attached hydrogens (tertiary/aromatic N) is 2. The molecule has 0 heterocycles. The number of anilines is 1. The van der Waals surface area contributed by atoms with Gasteiger partial charge in [0.2, 0.25) is 5.91 Å². The molecule has 0 aliphatic rings. The van der Waals surface area contributed by atoms with Crippen LogP contribution in [-0.2, 0) is 9.53 Å². The largest absolute Gasteiger partial charge is 0.383 e. The van der Waals surface area contributed by atoms with Crippen LogP contribution >= 0.6 is 0 Å². The molecule has 0 atom stereocenters. The maximum Gasteiger partial charge on any atom is 0.224 e. The van der Waals surface area contributed by atoms with Gasteiger partial charge in [0.05, 0.1) is 18.2 Å². The third kappa shape index (κ3) is 6.32. The van der Waals surface area contributed by atoms with Crippen LogP contribution in [0.2, 0.25) is 0 Å². The first-order valence-electron chi connectivity index (χ1n) is 6.63. The van der Waals surface area contributed by atoms with Crippen molar-refractivity contribution in [1.82, 2.24) is 4.90 Å². The lowest BCUT2D eigenvalue weighted by molar-refractivity contribution is -0.116. The van der Waals surface area contributed by atoms with E-state index in [1.54, 1.807) is 31.4 Å². The van der Waals surface area contributed by atoms with E-state index in [2.05, 4.69) is 10.2 Å². The zero-order valence-electron chi connectivity index (χ0n) is 12.1. The topological polar surface area (TPSA) is 65.4 Å².